The van der Waals surface area contributed by atoms with E-state index in [9.17, 15) is 4.79 Å². The molecule has 98 valence electrons. The Morgan fingerprint density at radius 3 is 2.71 bits per heavy atom. The second kappa shape index (κ2) is 5.85. The van der Waals surface area contributed by atoms with Gasteiger partial charge >= 0.3 is 5.97 Å². The lowest BCUT2D eigenvalue weighted by Crippen LogP contribution is -2.49. The molecule has 0 aromatic rings. The average Bonchev–Trinajstić information content (AvgIpc) is 2.35. The van der Waals surface area contributed by atoms with Crippen LogP contribution in [0.3, 0.4) is 0 Å². The molecule has 1 N–H and O–H groups in total. The van der Waals surface area contributed by atoms with Crippen LogP contribution in [0.5, 0.6) is 0 Å². The van der Waals surface area contributed by atoms with Gasteiger partial charge in [-0.25, -0.2) is 0 Å². The highest BCUT2D eigenvalue weighted by Crippen LogP contribution is 2.35. The van der Waals surface area contributed by atoms with E-state index in [4.69, 9.17) is 4.74 Å². The predicted molar refractivity (Wildman–Crippen MR) is 67.7 cm³/mol. The zero-order valence-electron chi connectivity index (χ0n) is 11.1. The van der Waals surface area contributed by atoms with E-state index in [1.54, 1.807) is 0 Å². The van der Waals surface area contributed by atoms with Crippen LogP contribution in [0, 0.1) is 17.8 Å². The van der Waals surface area contributed by atoms with Crippen LogP contribution in [-0.4, -0.2) is 25.2 Å². The third-order valence-corrected chi connectivity index (χ3v) is 4.07. The summed E-state index contributed by atoms with van der Waals surface area (Å²) in [5.74, 6) is 1.94. The normalized spacial score (nSPS) is 33.2. The molecule has 0 radical (unpaired) electrons. The van der Waals surface area contributed by atoms with E-state index < -0.39 is 0 Å². The highest BCUT2D eigenvalue weighted by atomic mass is 16.5. The number of hydrogen-bond donors (Lipinski definition) is 1. The maximum Gasteiger partial charge on any atom is 0.323 e. The number of rotatable bonds is 3. The van der Waals surface area contributed by atoms with Gasteiger partial charge in [-0.05, 0) is 37.1 Å². The molecule has 0 aromatic heterocycles. The van der Waals surface area contributed by atoms with Gasteiger partial charge in [0.2, 0.25) is 0 Å². The molecule has 2 fully saturated rings. The Morgan fingerprint density at radius 1 is 1.29 bits per heavy atom. The third-order valence-electron chi connectivity index (χ3n) is 4.07. The molecule has 3 atom stereocenters. The second-order valence-corrected chi connectivity index (χ2v) is 6.03. The molecule has 2 aliphatic rings. The van der Waals surface area contributed by atoms with E-state index in [1.807, 2.05) is 0 Å². The molecule has 0 aromatic carbocycles. The maximum absolute atomic E-state index is 11.9. The van der Waals surface area contributed by atoms with Gasteiger partial charge in [-0.1, -0.05) is 33.1 Å². The van der Waals surface area contributed by atoms with Crippen LogP contribution < -0.4 is 5.32 Å². The number of ether oxygens (including phenoxy) is 1. The minimum atomic E-state index is -0.0481. The van der Waals surface area contributed by atoms with Gasteiger partial charge in [0.25, 0.3) is 0 Å². The largest absolute Gasteiger partial charge is 0.464 e. The summed E-state index contributed by atoms with van der Waals surface area (Å²) in [6.07, 6.45) is 6.34. The topological polar surface area (TPSA) is 38.3 Å². The highest BCUT2D eigenvalue weighted by molar-refractivity contribution is 5.75. The van der Waals surface area contributed by atoms with Crippen LogP contribution in [0.2, 0.25) is 0 Å². The molecule has 1 aliphatic heterocycles. The number of fused-ring (bicyclic) bond motifs is 1. The molecule has 1 saturated carbocycles. The number of piperidine rings is 1. The van der Waals surface area contributed by atoms with Crippen molar-refractivity contribution >= 4 is 5.97 Å². The van der Waals surface area contributed by atoms with Gasteiger partial charge in [-0.2, -0.15) is 0 Å². The number of nitrogens with one attached hydrogen (secondary N) is 1. The molecular formula is C14H25NO2. The molecule has 1 saturated heterocycles. The molecule has 17 heavy (non-hydrogen) atoms. The molecule has 0 spiro atoms. The van der Waals surface area contributed by atoms with E-state index in [1.165, 1.54) is 25.7 Å². The zero-order chi connectivity index (χ0) is 12.3. The molecule has 1 heterocycles. The van der Waals surface area contributed by atoms with Crippen LogP contribution in [-0.2, 0) is 9.53 Å². The van der Waals surface area contributed by atoms with Crippen molar-refractivity contribution in [2.45, 2.75) is 52.0 Å². The highest BCUT2D eigenvalue weighted by Gasteiger charge is 2.35. The van der Waals surface area contributed by atoms with E-state index in [-0.39, 0.29) is 12.0 Å². The molecule has 0 amide bonds. The Labute approximate surface area is 104 Å². The first-order valence-electron chi connectivity index (χ1n) is 7.07. The van der Waals surface area contributed by atoms with Gasteiger partial charge in [-0.3, -0.25) is 4.79 Å². The molecule has 1 aliphatic carbocycles. The fourth-order valence-electron chi connectivity index (χ4n) is 3.07. The lowest BCUT2D eigenvalue weighted by atomic mass is 9.74. The summed E-state index contributed by atoms with van der Waals surface area (Å²) in [5, 5.41) is 3.37. The van der Waals surface area contributed by atoms with Crippen molar-refractivity contribution in [2.24, 2.45) is 17.8 Å². The first kappa shape index (κ1) is 12.9. The minimum Gasteiger partial charge on any atom is -0.464 e. The first-order valence-corrected chi connectivity index (χ1v) is 7.07. The first-order chi connectivity index (χ1) is 8.16. The van der Waals surface area contributed by atoms with Crippen LogP contribution in [0.4, 0.5) is 0 Å². The molecule has 3 unspecified atom stereocenters. The Morgan fingerprint density at radius 2 is 2.00 bits per heavy atom. The van der Waals surface area contributed by atoms with Crippen molar-refractivity contribution in [1.82, 2.24) is 5.32 Å². The van der Waals surface area contributed by atoms with E-state index in [0.29, 0.717) is 12.5 Å². The number of esters is 1. The van der Waals surface area contributed by atoms with Gasteiger partial charge in [0.15, 0.2) is 0 Å². The van der Waals surface area contributed by atoms with Crippen molar-refractivity contribution in [3.05, 3.63) is 0 Å². The molecular weight excluding hydrogens is 214 g/mol. The summed E-state index contributed by atoms with van der Waals surface area (Å²) in [7, 11) is 0. The SMILES string of the molecule is CC(C)COC(=O)C1CC2CCCCC2CN1. The molecule has 3 nitrogen and oxygen atoms in total. The number of carbonyl (C=O) groups is 1. The fraction of sp³-hybridized carbons (Fsp3) is 0.929. The monoisotopic (exact) mass is 239 g/mol. The Kier molecular flexibility index (Phi) is 4.43. The van der Waals surface area contributed by atoms with Crippen molar-refractivity contribution < 1.29 is 9.53 Å². The van der Waals surface area contributed by atoms with Crippen LogP contribution in [0.15, 0.2) is 0 Å². The minimum absolute atomic E-state index is 0.0391. The Bertz CT molecular complexity index is 265. The molecule has 3 heteroatoms. The van der Waals surface area contributed by atoms with Crippen LogP contribution >= 0.6 is 0 Å². The molecule has 0 bridgehead atoms. The van der Waals surface area contributed by atoms with Crippen molar-refractivity contribution in [2.75, 3.05) is 13.2 Å². The lowest BCUT2D eigenvalue weighted by molar-refractivity contribution is -0.149. The fourth-order valence-corrected chi connectivity index (χ4v) is 3.07. The van der Waals surface area contributed by atoms with Gasteiger partial charge in [0.1, 0.15) is 6.04 Å². The number of hydrogen-bond acceptors (Lipinski definition) is 3. The smallest absolute Gasteiger partial charge is 0.323 e. The Hall–Kier alpha value is -0.570. The van der Waals surface area contributed by atoms with Crippen molar-refractivity contribution in [1.29, 1.82) is 0 Å². The van der Waals surface area contributed by atoms with Gasteiger partial charge in [0, 0.05) is 0 Å². The maximum atomic E-state index is 11.9. The molecule has 2 rings (SSSR count). The van der Waals surface area contributed by atoms with Gasteiger partial charge < -0.3 is 10.1 Å². The van der Waals surface area contributed by atoms with Gasteiger partial charge in [-0.15, -0.1) is 0 Å². The van der Waals surface area contributed by atoms with Crippen molar-refractivity contribution in [3.8, 4) is 0 Å². The van der Waals surface area contributed by atoms with Crippen LogP contribution in [0.1, 0.15) is 46.0 Å². The average molecular weight is 239 g/mol. The van der Waals surface area contributed by atoms with E-state index >= 15 is 0 Å². The van der Waals surface area contributed by atoms with Crippen molar-refractivity contribution in [3.63, 3.8) is 0 Å². The zero-order valence-corrected chi connectivity index (χ0v) is 11.1. The van der Waals surface area contributed by atoms with Crippen LogP contribution in [0.25, 0.3) is 0 Å². The summed E-state index contributed by atoms with van der Waals surface area (Å²) in [6, 6.07) is -0.0481. The van der Waals surface area contributed by atoms with E-state index in [2.05, 4.69) is 19.2 Å². The summed E-state index contributed by atoms with van der Waals surface area (Å²) in [6.45, 7) is 5.69. The van der Waals surface area contributed by atoms with Gasteiger partial charge in [0.05, 0.1) is 6.61 Å². The standard InChI is InChI=1S/C14H25NO2/c1-10(2)9-17-14(16)13-7-11-5-3-4-6-12(11)8-15-13/h10-13,15H,3-9H2,1-2H3. The number of carbonyl (C=O) groups excluding carboxylic acids is 1. The summed E-state index contributed by atoms with van der Waals surface area (Å²) >= 11 is 0. The summed E-state index contributed by atoms with van der Waals surface area (Å²) in [5.41, 5.74) is 0. The quantitative estimate of drug-likeness (QED) is 0.768. The summed E-state index contributed by atoms with van der Waals surface area (Å²) in [4.78, 5) is 11.9. The lowest BCUT2D eigenvalue weighted by Gasteiger charge is -2.39. The summed E-state index contributed by atoms with van der Waals surface area (Å²) < 4.78 is 5.32. The second-order valence-electron chi connectivity index (χ2n) is 6.03. The Balaban J connectivity index is 1.80. The third kappa shape index (κ3) is 3.44. The van der Waals surface area contributed by atoms with E-state index in [0.717, 1.165) is 24.8 Å². The predicted octanol–water partition coefficient (Wildman–Crippen LogP) is 2.35.